The summed E-state index contributed by atoms with van der Waals surface area (Å²) in [4.78, 5) is 25.5. The average molecular weight is 474 g/mol. The molecule has 0 saturated heterocycles. The van der Waals surface area contributed by atoms with Gasteiger partial charge in [0.1, 0.15) is 11.3 Å². The van der Waals surface area contributed by atoms with Crippen LogP contribution in [0, 0.1) is 13.8 Å². The molecule has 0 unspecified atom stereocenters. The summed E-state index contributed by atoms with van der Waals surface area (Å²) in [6.07, 6.45) is 2.78. The van der Waals surface area contributed by atoms with E-state index in [2.05, 4.69) is 0 Å². The molecule has 0 fully saturated rings. The highest BCUT2D eigenvalue weighted by molar-refractivity contribution is 7.93. The predicted molar refractivity (Wildman–Crippen MR) is 132 cm³/mol. The second kappa shape index (κ2) is 9.11. The number of carbonyl (C=O) groups is 2. The van der Waals surface area contributed by atoms with Crippen LogP contribution in [0.15, 0.2) is 88.2 Å². The van der Waals surface area contributed by atoms with Gasteiger partial charge in [-0.25, -0.2) is 8.42 Å². The molecule has 0 N–H and O–H groups in total. The molecule has 0 bridgehead atoms. The van der Waals surface area contributed by atoms with Crippen molar-refractivity contribution >= 4 is 44.4 Å². The van der Waals surface area contributed by atoms with Gasteiger partial charge in [0.2, 0.25) is 0 Å². The van der Waals surface area contributed by atoms with E-state index in [-0.39, 0.29) is 16.4 Å². The Bertz CT molecular complexity index is 1510. The standard InChI is InChI=1S/C27H23NO5S/c1-18-9-13-23(14-10-18)34(31,32)28(26(30)16-11-21-7-5-4-6-8-21)22-12-15-25-24(17-22)27(19(2)29)20(3)33-25/h4-17H,1-3H3/b16-11+. The molecule has 0 radical (unpaired) electrons. The summed E-state index contributed by atoms with van der Waals surface area (Å²) in [6.45, 7) is 4.93. The fourth-order valence-corrected chi connectivity index (χ4v) is 5.15. The van der Waals surface area contributed by atoms with Crippen molar-refractivity contribution in [3.63, 3.8) is 0 Å². The van der Waals surface area contributed by atoms with Crippen molar-refractivity contribution in [1.29, 1.82) is 0 Å². The number of carbonyl (C=O) groups excluding carboxylic acids is 2. The monoisotopic (exact) mass is 473 g/mol. The Morgan fingerprint density at radius 1 is 0.912 bits per heavy atom. The smallest absolute Gasteiger partial charge is 0.271 e. The summed E-state index contributed by atoms with van der Waals surface area (Å²) in [7, 11) is -4.25. The van der Waals surface area contributed by atoms with E-state index >= 15 is 0 Å². The number of fused-ring (bicyclic) bond motifs is 1. The minimum absolute atomic E-state index is 0.0187. The molecule has 0 saturated carbocycles. The van der Waals surface area contributed by atoms with Crippen LogP contribution in [0.2, 0.25) is 0 Å². The molecule has 0 atom stereocenters. The first-order chi connectivity index (χ1) is 16.2. The topological polar surface area (TPSA) is 84.7 Å². The molecule has 0 spiro atoms. The van der Waals surface area contributed by atoms with E-state index in [0.29, 0.717) is 22.3 Å². The summed E-state index contributed by atoms with van der Waals surface area (Å²) < 4.78 is 33.7. The SMILES string of the molecule is CC(=O)c1c(C)oc2ccc(N(C(=O)/C=C/c3ccccc3)S(=O)(=O)c3ccc(C)cc3)cc12. The summed E-state index contributed by atoms with van der Waals surface area (Å²) >= 11 is 0. The van der Waals surface area contributed by atoms with Gasteiger partial charge >= 0.3 is 0 Å². The van der Waals surface area contributed by atoms with Crippen LogP contribution < -0.4 is 4.31 Å². The molecule has 0 aliphatic heterocycles. The van der Waals surface area contributed by atoms with Gasteiger partial charge in [-0.05, 0) is 62.7 Å². The molecular weight excluding hydrogens is 450 g/mol. The number of ketones is 1. The van der Waals surface area contributed by atoms with E-state index in [1.165, 1.54) is 37.3 Å². The molecular formula is C27H23NO5S. The highest BCUT2D eigenvalue weighted by atomic mass is 32.2. The van der Waals surface area contributed by atoms with Crippen LogP contribution in [0.1, 0.15) is 34.2 Å². The summed E-state index contributed by atoms with van der Waals surface area (Å²) in [5.41, 5.74) is 2.55. The van der Waals surface area contributed by atoms with Gasteiger partial charge in [-0.3, -0.25) is 9.59 Å². The number of nitrogens with zero attached hydrogens (tertiary/aromatic N) is 1. The zero-order valence-corrected chi connectivity index (χ0v) is 19.8. The fourth-order valence-electron chi connectivity index (χ4n) is 3.77. The molecule has 3 aromatic carbocycles. The van der Waals surface area contributed by atoms with E-state index in [1.807, 2.05) is 37.3 Å². The van der Waals surface area contributed by atoms with E-state index in [9.17, 15) is 18.0 Å². The third-order valence-electron chi connectivity index (χ3n) is 5.41. The number of Topliss-reactive ketones (excluding diaryl/α,β-unsaturated/α-hetero) is 1. The minimum Gasteiger partial charge on any atom is -0.461 e. The summed E-state index contributed by atoms with van der Waals surface area (Å²) in [5.74, 6) is -0.520. The normalized spacial score (nSPS) is 11.7. The van der Waals surface area contributed by atoms with Crippen molar-refractivity contribution in [2.45, 2.75) is 25.7 Å². The average Bonchev–Trinajstić information content (AvgIpc) is 3.14. The number of anilines is 1. The van der Waals surface area contributed by atoms with Crippen LogP contribution in [-0.4, -0.2) is 20.1 Å². The maximum absolute atomic E-state index is 13.6. The molecule has 34 heavy (non-hydrogen) atoms. The Labute approximate surface area is 198 Å². The van der Waals surface area contributed by atoms with Crippen LogP contribution in [0.4, 0.5) is 5.69 Å². The molecule has 6 nitrogen and oxygen atoms in total. The number of furan rings is 1. The molecule has 0 aliphatic rings. The molecule has 1 heterocycles. The number of sulfonamides is 1. The van der Waals surface area contributed by atoms with Crippen molar-refractivity contribution in [1.82, 2.24) is 0 Å². The molecule has 1 amide bonds. The van der Waals surface area contributed by atoms with Crippen molar-refractivity contribution in [2.24, 2.45) is 0 Å². The number of amides is 1. The number of hydrogen-bond acceptors (Lipinski definition) is 5. The molecule has 172 valence electrons. The lowest BCUT2D eigenvalue weighted by Crippen LogP contribution is -2.35. The van der Waals surface area contributed by atoms with Gasteiger partial charge in [0.15, 0.2) is 5.78 Å². The Hall–Kier alpha value is -3.97. The first-order valence-electron chi connectivity index (χ1n) is 10.6. The molecule has 0 aliphatic carbocycles. The first kappa shape index (κ1) is 23.2. The third kappa shape index (κ3) is 4.43. The first-order valence-corrected chi connectivity index (χ1v) is 12.1. The Balaban J connectivity index is 1.88. The van der Waals surface area contributed by atoms with Gasteiger partial charge in [-0.1, -0.05) is 48.0 Å². The highest BCUT2D eigenvalue weighted by Gasteiger charge is 2.30. The second-order valence-electron chi connectivity index (χ2n) is 7.93. The van der Waals surface area contributed by atoms with Gasteiger partial charge in [0.25, 0.3) is 15.9 Å². The van der Waals surface area contributed by atoms with Gasteiger partial charge in [0.05, 0.1) is 16.1 Å². The van der Waals surface area contributed by atoms with Crippen LogP contribution in [-0.2, 0) is 14.8 Å². The van der Waals surface area contributed by atoms with Gasteiger partial charge in [0, 0.05) is 11.5 Å². The fraction of sp³-hybridized carbons (Fsp3) is 0.111. The Morgan fingerprint density at radius 3 is 2.24 bits per heavy atom. The predicted octanol–water partition coefficient (Wildman–Crippen LogP) is 5.69. The number of benzene rings is 3. The van der Waals surface area contributed by atoms with Crippen molar-refractivity contribution < 1.29 is 22.4 Å². The van der Waals surface area contributed by atoms with Crippen LogP contribution in [0.25, 0.3) is 17.0 Å². The molecule has 4 rings (SSSR count). The van der Waals surface area contributed by atoms with Crippen molar-refractivity contribution in [3.05, 3.63) is 101 Å². The summed E-state index contributed by atoms with van der Waals surface area (Å²) in [6, 6.07) is 19.9. The number of rotatable bonds is 6. The van der Waals surface area contributed by atoms with Crippen molar-refractivity contribution in [3.8, 4) is 0 Å². The van der Waals surface area contributed by atoms with E-state index in [1.54, 1.807) is 31.2 Å². The Morgan fingerprint density at radius 2 is 1.59 bits per heavy atom. The van der Waals surface area contributed by atoms with E-state index in [4.69, 9.17) is 4.42 Å². The maximum Gasteiger partial charge on any atom is 0.271 e. The van der Waals surface area contributed by atoms with Gasteiger partial charge in [-0.15, -0.1) is 0 Å². The number of hydrogen-bond donors (Lipinski definition) is 0. The minimum atomic E-state index is -4.25. The third-order valence-corrected chi connectivity index (χ3v) is 7.15. The molecule has 4 aromatic rings. The lowest BCUT2D eigenvalue weighted by Gasteiger charge is -2.21. The second-order valence-corrected chi connectivity index (χ2v) is 9.72. The zero-order chi connectivity index (χ0) is 24.5. The number of aryl methyl sites for hydroxylation is 2. The largest absolute Gasteiger partial charge is 0.461 e. The van der Waals surface area contributed by atoms with Gasteiger partial charge < -0.3 is 4.42 Å². The van der Waals surface area contributed by atoms with E-state index < -0.39 is 15.9 Å². The maximum atomic E-state index is 13.6. The van der Waals surface area contributed by atoms with Crippen LogP contribution in [0.3, 0.4) is 0 Å². The lowest BCUT2D eigenvalue weighted by molar-refractivity contribution is -0.113. The lowest BCUT2D eigenvalue weighted by atomic mass is 10.1. The van der Waals surface area contributed by atoms with Gasteiger partial charge in [-0.2, -0.15) is 4.31 Å². The molecule has 1 aromatic heterocycles. The molecule has 7 heteroatoms. The Kier molecular flexibility index (Phi) is 6.22. The zero-order valence-electron chi connectivity index (χ0n) is 19.0. The quantitative estimate of drug-likeness (QED) is 0.265. The van der Waals surface area contributed by atoms with Crippen LogP contribution in [0.5, 0.6) is 0 Å². The highest BCUT2D eigenvalue weighted by Crippen LogP contribution is 2.32. The van der Waals surface area contributed by atoms with Crippen molar-refractivity contribution in [2.75, 3.05) is 4.31 Å². The van der Waals surface area contributed by atoms with E-state index in [0.717, 1.165) is 15.4 Å². The van der Waals surface area contributed by atoms with Crippen LogP contribution >= 0.6 is 0 Å². The summed E-state index contributed by atoms with van der Waals surface area (Å²) in [5, 5.41) is 0.450.